The Hall–Kier alpha value is -2.08. The first-order valence-electron chi connectivity index (χ1n) is 7.29. The zero-order valence-corrected chi connectivity index (χ0v) is 13.7. The van der Waals surface area contributed by atoms with E-state index in [2.05, 4.69) is 4.98 Å². The van der Waals surface area contributed by atoms with E-state index in [9.17, 15) is 4.79 Å². The van der Waals surface area contributed by atoms with E-state index in [4.69, 9.17) is 10.5 Å². The number of thiazole rings is 1. The molecule has 1 aliphatic rings. The van der Waals surface area contributed by atoms with Crippen molar-refractivity contribution in [2.45, 2.75) is 26.9 Å². The summed E-state index contributed by atoms with van der Waals surface area (Å²) in [5.74, 6) is 0.780. The Bertz CT molecular complexity index is 711. The molecule has 0 saturated carbocycles. The number of rotatable bonds is 2. The fraction of sp³-hybridized carbons (Fsp3) is 0.375. The monoisotopic (exact) mass is 317 g/mol. The van der Waals surface area contributed by atoms with Crippen molar-refractivity contribution in [2.75, 3.05) is 17.2 Å². The molecule has 0 radical (unpaired) electrons. The van der Waals surface area contributed by atoms with Crippen molar-refractivity contribution in [2.24, 2.45) is 5.92 Å². The van der Waals surface area contributed by atoms with Gasteiger partial charge in [0.25, 0.3) is 0 Å². The van der Waals surface area contributed by atoms with Crippen LogP contribution in [0, 0.1) is 5.92 Å². The Balaban J connectivity index is 2.04. The van der Waals surface area contributed by atoms with Crippen LogP contribution in [0.4, 0.5) is 10.8 Å². The third-order valence-electron chi connectivity index (χ3n) is 3.60. The van der Waals surface area contributed by atoms with Crippen LogP contribution in [0.5, 0.6) is 5.75 Å². The van der Waals surface area contributed by atoms with Crippen LogP contribution in [-0.2, 0) is 4.79 Å². The number of hydrogen-bond acceptors (Lipinski definition) is 5. The highest BCUT2D eigenvalue weighted by atomic mass is 32.1. The number of ether oxygens (including phenoxy) is 1. The summed E-state index contributed by atoms with van der Waals surface area (Å²) in [6.07, 6.45) is -0.0176. The fourth-order valence-electron chi connectivity index (χ4n) is 2.54. The van der Waals surface area contributed by atoms with E-state index < -0.39 is 0 Å². The van der Waals surface area contributed by atoms with Gasteiger partial charge in [-0.05, 0) is 25.1 Å². The number of nitrogens with two attached hydrogens (primary N) is 1. The second kappa shape index (κ2) is 5.61. The molecule has 0 spiro atoms. The van der Waals surface area contributed by atoms with Crippen molar-refractivity contribution in [3.8, 4) is 17.0 Å². The lowest BCUT2D eigenvalue weighted by molar-refractivity contribution is -0.121. The molecule has 116 valence electrons. The van der Waals surface area contributed by atoms with Gasteiger partial charge in [0.2, 0.25) is 5.91 Å². The molecule has 0 aliphatic carbocycles. The Morgan fingerprint density at radius 2 is 2.27 bits per heavy atom. The molecule has 1 unspecified atom stereocenters. The van der Waals surface area contributed by atoms with Crippen LogP contribution in [-0.4, -0.2) is 23.5 Å². The molecule has 0 bridgehead atoms. The lowest BCUT2D eigenvalue weighted by atomic mass is 10.1. The number of hydrogen-bond donors (Lipinski definition) is 1. The standard InChI is InChI=1S/C16H19N3O2S/c1-9(2)15(20)19-7-10(3)21-14-5-4-11(6-13(14)19)12-8-22-16(17)18-12/h4-6,8-10H,7H2,1-3H3,(H2,17,18). The van der Waals surface area contributed by atoms with E-state index in [0.29, 0.717) is 11.7 Å². The molecule has 1 atom stereocenters. The first kappa shape index (κ1) is 14.8. The summed E-state index contributed by atoms with van der Waals surface area (Å²) < 4.78 is 5.85. The molecule has 1 aromatic heterocycles. The minimum absolute atomic E-state index is 0.0176. The average Bonchev–Trinajstić information content (AvgIpc) is 2.91. The van der Waals surface area contributed by atoms with Gasteiger partial charge in [0.15, 0.2) is 5.13 Å². The molecule has 2 heterocycles. The predicted molar refractivity (Wildman–Crippen MR) is 89.2 cm³/mol. The Labute approximate surface area is 133 Å². The quantitative estimate of drug-likeness (QED) is 0.924. The molecule has 3 rings (SSSR count). The van der Waals surface area contributed by atoms with Gasteiger partial charge in [-0.3, -0.25) is 4.79 Å². The zero-order valence-electron chi connectivity index (χ0n) is 12.9. The topological polar surface area (TPSA) is 68.5 Å². The normalized spacial score (nSPS) is 17.3. The summed E-state index contributed by atoms with van der Waals surface area (Å²) >= 11 is 1.40. The van der Waals surface area contributed by atoms with Crippen LogP contribution < -0.4 is 15.4 Å². The van der Waals surface area contributed by atoms with Crippen LogP contribution in [0.1, 0.15) is 20.8 Å². The third kappa shape index (κ3) is 2.66. The zero-order chi connectivity index (χ0) is 15.9. The number of aromatic nitrogens is 1. The number of benzene rings is 1. The summed E-state index contributed by atoms with van der Waals surface area (Å²) in [5, 5.41) is 2.45. The molecular formula is C16H19N3O2S. The van der Waals surface area contributed by atoms with E-state index in [0.717, 1.165) is 22.7 Å². The summed E-state index contributed by atoms with van der Waals surface area (Å²) in [6, 6.07) is 5.80. The molecule has 22 heavy (non-hydrogen) atoms. The van der Waals surface area contributed by atoms with Gasteiger partial charge >= 0.3 is 0 Å². The molecule has 5 nitrogen and oxygen atoms in total. The van der Waals surface area contributed by atoms with Crippen LogP contribution >= 0.6 is 11.3 Å². The molecular weight excluding hydrogens is 298 g/mol. The predicted octanol–water partition coefficient (Wildman–Crippen LogP) is 3.16. The SMILES string of the molecule is CC1CN(C(=O)C(C)C)c2cc(-c3csc(N)n3)ccc2O1. The number of carbonyl (C=O) groups is 1. The summed E-state index contributed by atoms with van der Waals surface area (Å²) in [6.45, 7) is 6.35. The van der Waals surface area contributed by atoms with Gasteiger partial charge in [0.1, 0.15) is 11.9 Å². The molecule has 0 fully saturated rings. The number of nitrogens with zero attached hydrogens (tertiary/aromatic N) is 2. The fourth-order valence-corrected chi connectivity index (χ4v) is 3.11. The van der Waals surface area contributed by atoms with Crippen LogP contribution in [0.25, 0.3) is 11.3 Å². The van der Waals surface area contributed by atoms with Gasteiger partial charge in [-0.2, -0.15) is 0 Å². The summed E-state index contributed by atoms with van der Waals surface area (Å²) in [7, 11) is 0. The van der Waals surface area contributed by atoms with Gasteiger partial charge in [-0.1, -0.05) is 13.8 Å². The molecule has 0 saturated heterocycles. The minimum atomic E-state index is -0.0586. The van der Waals surface area contributed by atoms with Gasteiger partial charge < -0.3 is 15.4 Å². The lowest BCUT2D eigenvalue weighted by Gasteiger charge is -2.34. The maximum Gasteiger partial charge on any atom is 0.229 e. The van der Waals surface area contributed by atoms with Crippen molar-refractivity contribution in [1.82, 2.24) is 4.98 Å². The highest BCUT2D eigenvalue weighted by molar-refractivity contribution is 7.13. The van der Waals surface area contributed by atoms with Gasteiger partial charge in [0.05, 0.1) is 17.9 Å². The first-order valence-corrected chi connectivity index (χ1v) is 8.17. The van der Waals surface area contributed by atoms with E-state index >= 15 is 0 Å². The molecule has 6 heteroatoms. The minimum Gasteiger partial charge on any atom is -0.487 e. The second-order valence-electron chi connectivity index (χ2n) is 5.79. The smallest absolute Gasteiger partial charge is 0.229 e. The summed E-state index contributed by atoms with van der Waals surface area (Å²) in [5.41, 5.74) is 8.27. The van der Waals surface area contributed by atoms with Gasteiger partial charge in [-0.15, -0.1) is 11.3 Å². The second-order valence-corrected chi connectivity index (χ2v) is 6.68. The van der Waals surface area contributed by atoms with E-state index in [-0.39, 0.29) is 17.9 Å². The number of fused-ring (bicyclic) bond motifs is 1. The maximum absolute atomic E-state index is 12.5. The van der Waals surface area contributed by atoms with E-state index in [1.54, 1.807) is 0 Å². The molecule has 2 N–H and O–H groups in total. The van der Waals surface area contributed by atoms with Gasteiger partial charge in [0, 0.05) is 16.9 Å². The van der Waals surface area contributed by atoms with Crippen LogP contribution in [0.2, 0.25) is 0 Å². The molecule has 2 aromatic rings. The van der Waals surface area contributed by atoms with E-state index in [1.807, 2.05) is 49.3 Å². The highest BCUT2D eigenvalue weighted by Gasteiger charge is 2.29. The Kier molecular flexibility index (Phi) is 3.78. The van der Waals surface area contributed by atoms with E-state index in [1.165, 1.54) is 11.3 Å². The van der Waals surface area contributed by atoms with Crippen LogP contribution in [0.3, 0.4) is 0 Å². The first-order chi connectivity index (χ1) is 10.5. The molecule has 1 amide bonds. The van der Waals surface area contributed by atoms with Crippen molar-refractivity contribution >= 4 is 28.1 Å². The van der Waals surface area contributed by atoms with Gasteiger partial charge in [-0.25, -0.2) is 4.98 Å². The van der Waals surface area contributed by atoms with Crippen LogP contribution in [0.15, 0.2) is 23.6 Å². The lowest BCUT2D eigenvalue weighted by Crippen LogP contribution is -2.44. The van der Waals surface area contributed by atoms with Crippen molar-refractivity contribution in [3.05, 3.63) is 23.6 Å². The number of nitrogen functional groups attached to an aromatic ring is 1. The Morgan fingerprint density at radius 1 is 1.50 bits per heavy atom. The number of anilines is 2. The third-order valence-corrected chi connectivity index (χ3v) is 4.27. The molecule has 1 aliphatic heterocycles. The number of carbonyl (C=O) groups excluding carboxylic acids is 1. The van der Waals surface area contributed by atoms with Crippen molar-refractivity contribution in [1.29, 1.82) is 0 Å². The highest BCUT2D eigenvalue weighted by Crippen LogP contribution is 2.38. The van der Waals surface area contributed by atoms with Crippen molar-refractivity contribution < 1.29 is 9.53 Å². The average molecular weight is 317 g/mol. The largest absolute Gasteiger partial charge is 0.487 e. The Morgan fingerprint density at radius 3 is 2.91 bits per heavy atom. The molecule has 1 aromatic carbocycles. The summed E-state index contributed by atoms with van der Waals surface area (Å²) in [4.78, 5) is 18.6. The van der Waals surface area contributed by atoms with Crippen molar-refractivity contribution in [3.63, 3.8) is 0 Å². The number of amides is 1. The maximum atomic E-state index is 12.5.